The van der Waals surface area contributed by atoms with Crippen molar-refractivity contribution in [1.82, 2.24) is 5.16 Å². The first kappa shape index (κ1) is 26.0. The summed E-state index contributed by atoms with van der Waals surface area (Å²) >= 11 is 1.38. The van der Waals surface area contributed by atoms with Crippen LogP contribution in [-0.2, 0) is 30.4 Å². The number of aromatic nitrogens is 1. The molecule has 2 aromatic heterocycles. The summed E-state index contributed by atoms with van der Waals surface area (Å²) in [4.78, 5) is 16.7. The van der Waals surface area contributed by atoms with E-state index in [1.54, 1.807) is 26.2 Å². The third kappa shape index (κ3) is 6.51. The Labute approximate surface area is 203 Å². The molecule has 3 rings (SSSR count). The Morgan fingerprint density at radius 3 is 2.44 bits per heavy atom. The number of anilines is 1. The van der Waals surface area contributed by atoms with Crippen molar-refractivity contribution in [2.45, 2.75) is 27.4 Å². The Morgan fingerprint density at radius 1 is 1.15 bits per heavy atom. The van der Waals surface area contributed by atoms with Crippen molar-refractivity contribution in [3.05, 3.63) is 57.0 Å². The molecule has 0 saturated carbocycles. The van der Waals surface area contributed by atoms with Gasteiger partial charge in [0, 0.05) is 23.1 Å². The molecule has 0 unspecified atom stereocenters. The van der Waals surface area contributed by atoms with E-state index in [-0.39, 0.29) is 19.2 Å². The van der Waals surface area contributed by atoms with Gasteiger partial charge in [-0.1, -0.05) is 29.4 Å². The van der Waals surface area contributed by atoms with Crippen LogP contribution < -0.4 is 4.90 Å². The van der Waals surface area contributed by atoms with Crippen LogP contribution in [0.1, 0.15) is 31.4 Å². The van der Waals surface area contributed by atoms with Gasteiger partial charge in [0.25, 0.3) is 16.0 Å². The molecule has 0 atom stereocenters. The number of ether oxygens (including phenoxy) is 2. The first-order valence-electron chi connectivity index (χ1n) is 10.5. The number of nitrogens with zero attached hydrogens (tertiary/aromatic N) is 2. The Kier molecular flexibility index (Phi) is 8.61. The standard InChI is InChI=1S/C23H28N2O7S2/c1-15-12-20(19-8-6-18(7-9-19)13-31-34(5,27)28)21(33-15)23(26)25(14-30-11-10-29-4)22-16(2)17(3)32-24-22/h6-9,12H,10-11,13-14H2,1-5H3. The van der Waals surface area contributed by atoms with E-state index in [4.69, 9.17) is 18.2 Å². The maximum atomic E-state index is 13.7. The van der Waals surface area contributed by atoms with Crippen LogP contribution in [0.15, 0.2) is 34.9 Å². The average molecular weight is 509 g/mol. The lowest BCUT2D eigenvalue weighted by atomic mass is 10.0. The second-order valence-corrected chi connectivity index (χ2v) is 10.6. The number of amides is 1. The molecule has 0 fully saturated rings. The van der Waals surface area contributed by atoms with E-state index in [1.165, 1.54) is 16.2 Å². The molecule has 0 N–H and O–H groups in total. The summed E-state index contributed by atoms with van der Waals surface area (Å²) in [7, 11) is -1.95. The SMILES string of the molecule is COCCOCN(C(=O)c1sc(C)cc1-c1ccc(COS(C)(=O)=O)cc1)c1noc(C)c1C. The Balaban J connectivity index is 1.90. The Bertz CT molecular complexity index is 1230. The van der Waals surface area contributed by atoms with E-state index in [0.29, 0.717) is 35.2 Å². The summed E-state index contributed by atoms with van der Waals surface area (Å²) in [5.74, 6) is 0.774. The van der Waals surface area contributed by atoms with Crippen LogP contribution in [0.5, 0.6) is 0 Å². The molecule has 0 saturated heterocycles. The zero-order valence-electron chi connectivity index (χ0n) is 19.8. The van der Waals surface area contributed by atoms with Gasteiger partial charge in [-0.2, -0.15) is 8.42 Å². The van der Waals surface area contributed by atoms with Gasteiger partial charge in [-0.15, -0.1) is 11.3 Å². The van der Waals surface area contributed by atoms with Gasteiger partial charge < -0.3 is 14.0 Å². The first-order chi connectivity index (χ1) is 16.1. The molecule has 184 valence electrons. The van der Waals surface area contributed by atoms with E-state index in [2.05, 4.69) is 5.16 Å². The predicted octanol–water partition coefficient (Wildman–Crippen LogP) is 4.07. The number of rotatable bonds is 11. The number of thiophene rings is 1. The molecule has 3 aromatic rings. The van der Waals surface area contributed by atoms with E-state index < -0.39 is 10.1 Å². The quantitative estimate of drug-likeness (QED) is 0.217. The van der Waals surface area contributed by atoms with Crippen molar-refractivity contribution in [2.75, 3.05) is 38.2 Å². The predicted molar refractivity (Wildman–Crippen MR) is 130 cm³/mol. The summed E-state index contributed by atoms with van der Waals surface area (Å²) in [6.45, 7) is 6.23. The maximum absolute atomic E-state index is 13.7. The van der Waals surface area contributed by atoms with Crippen LogP contribution in [0, 0.1) is 20.8 Å². The molecule has 0 bridgehead atoms. The highest BCUT2D eigenvalue weighted by Gasteiger charge is 2.27. The maximum Gasteiger partial charge on any atom is 0.272 e. The van der Waals surface area contributed by atoms with E-state index in [1.807, 2.05) is 32.0 Å². The van der Waals surface area contributed by atoms with Crippen molar-refractivity contribution in [3.63, 3.8) is 0 Å². The zero-order chi connectivity index (χ0) is 24.9. The fourth-order valence-corrected chi connectivity index (χ4v) is 4.47. The molecule has 11 heteroatoms. The van der Waals surface area contributed by atoms with Crippen molar-refractivity contribution in [3.8, 4) is 11.1 Å². The van der Waals surface area contributed by atoms with Crippen molar-refractivity contribution < 1.29 is 31.4 Å². The van der Waals surface area contributed by atoms with E-state index in [0.717, 1.165) is 27.8 Å². The molecule has 0 aliphatic carbocycles. The second kappa shape index (κ2) is 11.2. The molecule has 34 heavy (non-hydrogen) atoms. The molecule has 0 aliphatic rings. The number of hydrogen-bond acceptors (Lipinski definition) is 9. The fraction of sp³-hybridized carbons (Fsp3) is 0.391. The summed E-state index contributed by atoms with van der Waals surface area (Å²) in [5, 5.41) is 4.08. The molecule has 9 nitrogen and oxygen atoms in total. The monoisotopic (exact) mass is 508 g/mol. The third-order valence-corrected chi connectivity index (χ3v) is 6.62. The lowest BCUT2D eigenvalue weighted by Crippen LogP contribution is -2.34. The van der Waals surface area contributed by atoms with Gasteiger partial charge in [-0.25, -0.2) is 0 Å². The van der Waals surface area contributed by atoms with Crippen LogP contribution in [0.3, 0.4) is 0 Å². The molecule has 0 aliphatic heterocycles. The summed E-state index contributed by atoms with van der Waals surface area (Å²) in [5.41, 5.74) is 3.05. The lowest BCUT2D eigenvalue weighted by Gasteiger charge is -2.21. The number of benzene rings is 1. The van der Waals surface area contributed by atoms with Gasteiger partial charge in [0.2, 0.25) is 0 Å². The van der Waals surface area contributed by atoms with Crippen LogP contribution in [0.25, 0.3) is 11.1 Å². The molecule has 0 radical (unpaired) electrons. The highest BCUT2D eigenvalue weighted by atomic mass is 32.2. The van der Waals surface area contributed by atoms with E-state index >= 15 is 0 Å². The molecule has 0 spiro atoms. The summed E-state index contributed by atoms with van der Waals surface area (Å²) in [6.07, 6.45) is 1.01. The minimum absolute atomic E-state index is 0.00678. The smallest absolute Gasteiger partial charge is 0.272 e. The van der Waals surface area contributed by atoms with Gasteiger partial charge in [0.05, 0.1) is 26.1 Å². The average Bonchev–Trinajstić information content (AvgIpc) is 3.34. The number of methoxy groups -OCH3 is 1. The van der Waals surface area contributed by atoms with Crippen molar-refractivity contribution in [1.29, 1.82) is 0 Å². The van der Waals surface area contributed by atoms with Crippen LogP contribution in [0.2, 0.25) is 0 Å². The largest absolute Gasteiger partial charge is 0.382 e. The zero-order valence-corrected chi connectivity index (χ0v) is 21.4. The Hall–Kier alpha value is -2.57. The van der Waals surface area contributed by atoms with E-state index in [9.17, 15) is 13.2 Å². The normalized spacial score (nSPS) is 11.7. The molecule has 2 heterocycles. The van der Waals surface area contributed by atoms with Crippen molar-refractivity contribution in [2.24, 2.45) is 0 Å². The lowest BCUT2D eigenvalue weighted by molar-refractivity contribution is 0.0646. The molecule has 1 aromatic carbocycles. The number of aryl methyl sites for hydroxylation is 2. The second-order valence-electron chi connectivity index (χ2n) is 7.71. The van der Waals surface area contributed by atoms with Gasteiger partial charge >= 0.3 is 0 Å². The highest BCUT2D eigenvalue weighted by molar-refractivity contribution is 7.85. The fourth-order valence-electron chi connectivity index (χ4n) is 3.14. The van der Waals surface area contributed by atoms with Crippen LogP contribution >= 0.6 is 11.3 Å². The third-order valence-electron chi connectivity index (χ3n) is 5.04. The van der Waals surface area contributed by atoms with Crippen LogP contribution in [0.4, 0.5) is 5.82 Å². The van der Waals surface area contributed by atoms with Crippen molar-refractivity contribution >= 4 is 33.2 Å². The summed E-state index contributed by atoms with van der Waals surface area (Å²) in [6, 6.07) is 9.18. The highest BCUT2D eigenvalue weighted by Crippen LogP contribution is 2.34. The Morgan fingerprint density at radius 2 is 1.85 bits per heavy atom. The minimum atomic E-state index is -3.53. The van der Waals surface area contributed by atoms with Gasteiger partial charge in [-0.3, -0.25) is 13.9 Å². The molecular formula is C23H28N2O7S2. The molecule has 1 amide bonds. The number of carbonyl (C=O) groups excluding carboxylic acids is 1. The molecular weight excluding hydrogens is 480 g/mol. The van der Waals surface area contributed by atoms with Gasteiger partial charge in [0.1, 0.15) is 17.4 Å². The van der Waals surface area contributed by atoms with Crippen LogP contribution in [-0.4, -0.2) is 52.8 Å². The summed E-state index contributed by atoms with van der Waals surface area (Å²) < 4.78 is 43.3. The van der Waals surface area contributed by atoms with Gasteiger partial charge in [0.15, 0.2) is 5.82 Å². The first-order valence-corrected chi connectivity index (χ1v) is 13.1. The number of carbonyl (C=O) groups is 1. The van der Waals surface area contributed by atoms with Gasteiger partial charge in [-0.05, 0) is 38.0 Å². The topological polar surface area (TPSA) is 108 Å². The minimum Gasteiger partial charge on any atom is -0.382 e. The number of hydrogen-bond donors (Lipinski definition) is 0.